The van der Waals surface area contributed by atoms with E-state index in [4.69, 9.17) is 18.9 Å². The van der Waals surface area contributed by atoms with E-state index < -0.39 is 0 Å². The molecule has 0 unspecified atom stereocenters. The van der Waals surface area contributed by atoms with Crippen LogP contribution in [0.2, 0.25) is 0 Å². The molecule has 0 spiro atoms. The molecule has 0 radical (unpaired) electrons. The molecule has 146 valence electrons. The van der Waals surface area contributed by atoms with Gasteiger partial charge in [-0.25, -0.2) is 0 Å². The standard InChI is InChI=1S/C21H25NO4.ClH/c1-2-23-17-5-3-15(4-6-17)19-9-10-22-12-16(19)13-24-18-7-8-20-21(11-18)26-14-25-20;/h3-8,11,16,19,22H,2,9-10,12-14H2,1H3;1H/t16-,19+;/m1./s1. The van der Waals surface area contributed by atoms with E-state index in [0.717, 1.165) is 42.5 Å². The molecule has 1 N–H and O–H groups in total. The molecule has 4 rings (SSSR count). The number of ether oxygens (including phenoxy) is 4. The summed E-state index contributed by atoms with van der Waals surface area (Å²) in [6.07, 6.45) is 1.11. The highest BCUT2D eigenvalue weighted by Gasteiger charge is 2.27. The summed E-state index contributed by atoms with van der Waals surface area (Å²) in [5.41, 5.74) is 1.36. The Morgan fingerprint density at radius 3 is 2.59 bits per heavy atom. The summed E-state index contributed by atoms with van der Waals surface area (Å²) in [5.74, 6) is 4.20. The second-order valence-electron chi connectivity index (χ2n) is 6.69. The third-order valence-electron chi connectivity index (χ3n) is 5.04. The third kappa shape index (κ3) is 4.60. The van der Waals surface area contributed by atoms with Gasteiger partial charge in [0.2, 0.25) is 6.79 Å². The summed E-state index contributed by atoms with van der Waals surface area (Å²) in [7, 11) is 0. The van der Waals surface area contributed by atoms with E-state index in [1.807, 2.05) is 25.1 Å². The first-order chi connectivity index (χ1) is 12.8. The van der Waals surface area contributed by atoms with Crippen molar-refractivity contribution >= 4 is 12.4 Å². The molecule has 6 heteroatoms. The minimum Gasteiger partial charge on any atom is -0.494 e. The van der Waals surface area contributed by atoms with Crippen LogP contribution in [0.4, 0.5) is 0 Å². The zero-order valence-corrected chi connectivity index (χ0v) is 16.3. The Hall–Kier alpha value is -2.11. The van der Waals surface area contributed by atoms with E-state index in [1.165, 1.54) is 5.56 Å². The van der Waals surface area contributed by atoms with Crippen LogP contribution in [0.15, 0.2) is 42.5 Å². The average Bonchev–Trinajstić information content (AvgIpc) is 3.15. The molecule has 2 heterocycles. The molecular formula is C21H26ClNO4. The number of hydrogen-bond donors (Lipinski definition) is 1. The number of piperidine rings is 1. The van der Waals surface area contributed by atoms with Crippen molar-refractivity contribution in [1.29, 1.82) is 0 Å². The number of halogens is 1. The first-order valence-corrected chi connectivity index (χ1v) is 9.29. The first kappa shape index (κ1) is 19.6. The van der Waals surface area contributed by atoms with E-state index in [2.05, 4.69) is 29.6 Å². The van der Waals surface area contributed by atoms with Gasteiger partial charge >= 0.3 is 0 Å². The quantitative estimate of drug-likeness (QED) is 0.806. The van der Waals surface area contributed by atoms with Crippen LogP contribution >= 0.6 is 12.4 Å². The molecule has 2 aliphatic heterocycles. The molecule has 2 aromatic carbocycles. The lowest BCUT2D eigenvalue weighted by atomic mass is 9.81. The molecule has 0 aliphatic carbocycles. The number of benzene rings is 2. The van der Waals surface area contributed by atoms with Gasteiger partial charge < -0.3 is 24.3 Å². The maximum atomic E-state index is 6.08. The van der Waals surface area contributed by atoms with Crippen LogP contribution in [0, 0.1) is 5.92 Å². The molecule has 0 amide bonds. The molecule has 1 fully saturated rings. The third-order valence-corrected chi connectivity index (χ3v) is 5.04. The first-order valence-electron chi connectivity index (χ1n) is 9.29. The maximum absolute atomic E-state index is 6.08. The highest BCUT2D eigenvalue weighted by atomic mass is 35.5. The van der Waals surface area contributed by atoms with Crippen LogP contribution in [0.3, 0.4) is 0 Å². The predicted molar refractivity (Wildman–Crippen MR) is 107 cm³/mol. The van der Waals surface area contributed by atoms with Crippen molar-refractivity contribution in [2.75, 3.05) is 33.1 Å². The van der Waals surface area contributed by atoms with Crippen molar-refractivity contribution in [2.45, 2.75) is 19.3 Å². The van der Waals surface area contributed by atoms with Crippen LogP contribution in [0.25, 0.3) is 0 Å². The lowest BCUT2D eigenvalue weighted by molar-refractivity contribution is 0.173. The Kier molecular flexibility index (Phi) is 6.69. The molecule has 2 aromatic rings. The molecule has 1 saturated heterocycles. The molecule has 0 aromatic heterocycles. The van der Waals surface area contributed by atoms with E-state index in [9.17, 15) is 0 Å². The maximum Gasteiger partial charge on any atom is 0.231 e. The molecule has 5 nitrogen and oxygen atoms in total. The van der Waals surface area contributed by atoms with Gasteiger partial charge in [0.05, 0.1) is 13.2 Å². The second-order valence-corrected chi connectivity index (χ2v) is 6.69. The molecule has 2 aliphatic rings. The van der Waals surface area contributed by atoms with Crippen LogP contribution < -0.4 is 24.3 Å². The van der Waals surface area contributed by atoms with Crippen LogP contribution in [0.5, 0.6) is 23.0 Å². The lowest BCUT2D eigenvalue weighted by Gasteiger charge is -2.32. The Labute approximate surface area is 166 Å². The highest BCUT2D eigenvalue weighted by molar-refractivity contribution is 5.85. The van der Waals surface area contributed by atoms with Crippen molar-refractivity contribution in [1.82, 2.24) is 5.32 Å². The average molecular weight is 392 g/mol. The highest BCUT2D eigenvalue weighted by Crippen LogP contribution is 2.36. The van der Waals surface area contributed by atoms with Crippen LogP contribution in [0.1, 0.15) is 24.8 Å². The molecule has 2 atom stereocenters. The minimum absolute atomic E-state index is 0. The van der Waals surface area contributed by atoms with Crippen LogP contribution in [-0.4, -0.2) is 33.1 Å². The Morgan fingerprint density at radius 1 is 1.00 bits per heavy atom. The summed E-state index contributed by atoms with van der Waals surface area (Å²) in [6.45, 7) is 5.65. The summed E-state index contributed by atoms with van der Waals surface area (Å²) in [6, 6.07) is 14.3. The van der Waals surface area contributed by atoms with Gasteiger partial charge in [-0.2, -0.15) is 0 Å². The lowest BCUT2D eigenvalue weighted by Crippen LogP contribution is -2.38. The van der Waals surface area contributed by atoms with Crippen LogP contribution in [-0.2, 0) is 0 Å². The number of hydrogen-bond acceptors (Lipinski definition) is 5. The fourth-order valence-electron chi connectivity index (χ4n) is 3.68. The summed E-state index contributed by atoms with van der Waals surface area (Å²) in [4.78, 5) is 0. The van der Waals surface area contributed by atoms with Gasteiger partial charge in [0.25, 0.3) is 0 Å². The Balaban J connectivity index is 0.00000210. The fraction of sp³-hybridized carbons (Fsp3) is 0.429. The number of rotatable bonds is 6. The molecular weight excluding hydrogens is 366 g/mol. The van der Waals surface area contributed by atoms with Gasteiger partial charge in [-0.3, -0.25) is 0 Å². The van der Waals surface area contributed by atoms with Gasteiger partial charge in [-0.05, 0) is 55.6 Å². The van der Waals surface area contributed by atoms with E-state index in [1.54, 1.807) is 0 Å². The Bertz CT molecular complexity index is 737. The van der Waals surface area contributed by atoms with Gasteiger partial charge in [-0.1, -0.05) is 12.1 Å². The van der Waals surface area contributed by atoms with Crippen molar-refractivity contribution in [3.8, 4) is 23.0 Å². The van der Waals surface area contributed by atoms with Crippen molar-refractivity contribution in [3.63, 3.8) is 0 Å². The van der Waals surface area contributed by atoms with Gasteiger partial charge in [0, 0.05) is 18.5 Å². The smallest absolute Gasteiger partial charge is 0.231 e. The minimum atomic E-state index is 0. The topological polar surface area (TPSA) is 49.0 Å². The van der Waals surface area contributed by atoms with E-state index >= 15 is 0 Å². The Morgan fingerprint density at radius 2 is 1.78 bits per heavy atom. The summed E-state index contributed by atoms with van der Waals surface area (Å²) < 4.78 is 22.4. The SMILES string of the molecule is CCOc1ccc([C@@H]2CCNC[C@@H]2COc2ccc3c(c2)OCO3)cc1.Cl. The fourth-order valence-corrected chi connectivity index (χ4v) is 3.68. The predicted octanol–water partition coefficient (Wildman–Crippen LogP) is 4.01. The second kappa shape index (κ2) is 9.20. The zero-order valence-electron chi connectivity index (χ0n) is 15.5. The van der Waals surface area contributed by atoms with Crippen molar-refractivity contribution in [2.24, 2.45) is 5.92 Å². The molecule has 0 bridgehead atoms. The number of nitrogens with one attached hydrogen (secondary N) is 1. The largest absolute Gasteiger partial charge is 0.494 e. The zero-order chi connectivity index (χ0) is 17.8. The summed E-state index contributed by atoms with van der Waals surface area (Å²) in [5, 5.41) is 3.49. The van der Waals surface area contributed by atoms with Gasteiger partial charge in [0.1, 0.15) is 11.5 Å². The van der Waals surface area contributed by atoms with E-state index in [0.29, 0.717) is 25.0 Å². The molecule has 0 saturated carbocycles. The van der Waals surface area contributed by atoms with Crippen molar-refractivity contribution < 1.29 is 18.9 Å². The number of fused-ring (bicyclic) bond motifs is 1. The van der Waals surface area contributed by atoms with Gasteiger partial charge in [0.15, 0.2) is 11.5 Å². The van der Waals surface area contributed by atoms with Crippen molar-refractivity contribution in [3.05, 3.63) is 48.0 Å². The van der Waals surface area contributed by atoms with E-state index in [-0.39, 0.29) is 19.2 Å². The van der Waals surface area contributed by atoms with Gasteiger partial charge in [-0.15, -0.1) is 12.4 Å². The summed E-state index contributed by atoms with van der Waals surface area (Å²) >= 11 is 0. The normalized spacial score (nSPS) is 20.6. The monoisotopic (exact) mass is 391 g/mol. The molecule has 27 heavy (non-hydrogen) atoms.